The highest BCUT2D eigenvalue weighted by atomic mass is 16.5. The molecule has 0 aliphatic carbocycles. The van der Waals surface area contributed by atoms with Crippen LogP contribution >= 0.6 is 0 Å². The van der Waals surface area contributed by atoms with E-state index in [1.165, 1.54) is 0 Å². The van der Waals surface area contributed by atoms with E-state index in [1.54, 1.807) is 29.7 Å². The molecule has 0 amide bonds. The fraction of sp³-hybridized carbons (Fsp3) is 0.500. The van der Waals surface area contributed by atoms with Crippen LogP contribution in [0.2, 0.25) is 0 Å². The Balaban J connectivity index is 2.25. The minimum absolute atomic E-state index is 0.497. The first-order chi connectivity index (χ1) is 8.52. The second kappa shape index (κ2) is 4.81. The average Bonchev–Trinajstić information content (AvgIpc) is 2.82. The van der Waals surface area contributed by atoms with E-state index in [0.717, 1.165) is 16.8 Å². The first kappa shape index (κ1) is 12.6. The Labute approximate surface area is 106 Å². The summed E-state index contributed by atoms with van der Waals surface area (Å²) in [5.74, 6) is 0.601. The Hall–Kier alpha value is -1.82. The van der Waals surface area contributed by atoms with Crippen LogP contribution in [0.5, 0.6) is 5.88 Å². The molecule has 0 spiro atoms. The van der Waals surface area contributed by atoms with Crippen LogP contribution < -0.4 is 4.74 Å². The number of ether oxygens (including phenoxy) is 1. The van der Waals surface area contributed by atoms with Crippen LogP contribution in [-0.4, -0.2) is 31.8 Å². The summed E-state index contributed by atoms with van der Waals surface area (Å²) >= 11 is 0. The number of rotatable bonds is 4. The van der Waals surface area contributed by atoms with Crippen molar-refractivity contribution in [1.82, 2.24) is 19.6 Å². The van der Waals surface area contributed by atoms with E-state index in [9.17, 15) is 5.11 Å². The van der Waals surface area contributed by atoms with Crippen molar-refractivity contribution >= 4 is 0 Å². The third-order valence-electron chi connectivity index (χ3n) is 2.93. The zero-order chi connectivity index (χ0) is 13.3. The summed E-state index contributed by atoms with van der Waals surface area (Å²) in [5, 5.41) is 18.7. The average molecular weight is 250 g/mol. The molecule has 0 radical (unpaired) electrons. The van der Waals surface area contributed by atoms with E-state index in [0.29, 0.717) is 12.3 Å². The molecule has 1 unspecified atom stereocenters. The SMILES string of the molecule is COc1c(C(O)Cc2cnn(C)c2)c(C)nn1C. The first-order valence-electron chi connectivity index (χ1n) is 5.76. The Bertz CT molecular complexity index is 544. The molecular formula is C12H18N4O2. The van der Waals surface area contributed by atoms with Crippen molar-refractivity contribution in [2.75, 3.05) is 7.11 Å². The smallest absolute Gasteiger partial charge is 0.217 e. The van der Waals surface area contributed by atoms with Crippen molar-refractivity contribution in [3.63, 3.8) is 0 Å². The highest BCUT2D eigenvalue weighted by Crippen LogP contribution is 2.29. The molecule has 0 aromatic carbocycles. The van der Waals surface area contributed by atoms with Gasteiger partial charge in [0.05, 0.1) is 30.7 Å². The Morgan fingerprint density at radius 3 is 2.72 bits per heavy atom. The largest absolute Gasteiger partial charge is 0.481 e. The third-order valence-corrected chi connectivity index (χ3v) is 2.93. The van der Waals surface area contributed by atoms with Crippen molar-refractivity contribution in [3.8, 4) is 5.88 Å². The van der Waals surface area contributed by atoms with Gasteiger partial charge in [0.1, 0.15) is 0 Å². The lowest BCUT2D eigenvalue weighted by Gasteiger charge is -2.11. The lowest BCUT2D eigenvalue weighted by molar-refractivity contribution is 0.172. The minimum Gasteiger partial charge on any atom is -0.481 e. The summed E-state index contributed by atoms with van der Waals surface area (Å²) in [6.07, 6.45) is 3.50. The quantitative estimate of drug-likeness (QED) is 0.869. The summed E-state index contributed by atoms with van der Waals surface area (Å²) in [6, 6.07) is 0. The van der Waals surface area contributed by atoms with E-state index in [-0.39, 0.29) is 0 Å². The maximum atomic E-state index is 10.3. The number of aliphatic hydroxyl groups is 1. The molecule has 2 aromatic heterocycles. The zero-order valence-electron chi connectivity index (χ0n) is 11.1. The van der Waals surface area contributed by atoms with E-state index in [2.05, 4.69) is 10.2 Å². The summed E-state index contributed by atoms with van der Waals surface area (Å²) in [4.78, 5) is 0. The Morgan fingerprint density at radius 2 is 2.17 bits per heavy atom. The van der Waals surface area contributed by atoms with Gasteiger partial charge in [-0.25, -0.2) is 4.68 Å². The summed E-state index contributed by atoms with van der Waals surface area (Å²) in [5.41, 5.74) is 2.50. The molecule has 6 heteroatoms. The molecule has 0 saturated heterocycles. The van der Waals surface area contributed by atoms with Gasteiger partial charge in [-0.3, -0.25) is 4.68 Å². The Morgan fingerprint density at radius 1 is 1.44 bits per heavy atom. The lowest BCUT2D eigenvalue weighted by Crippen LogP contribution is -2.05. The molecular weight excluding hydrogens is 232 g/mol. The molecule has 0 aliphatic heterocycles. The highest BCUT2D eigenvalue weighted by molar-refractivity contribution is 5.34. The molecule has 18 heavy (non-hydrogen) atoms. The van der Waals surface area contributed by atoms with Gasteiger partial charge >= 0.3 is 0 Å². The number of nitrogens with zero attached hydrogens (tertiary/aromatic N) is 4. The zero-order valence-corrected chi connectivity index (χ0v) is 11.1. The number of aromatic nitrogens is 4. The van der Waals surface area contributed by atoms with Gasteiger partial charge in [0.2, 0.25) is 5.88 Å². The van der Waals surface area contributed by atoms with Gasteiger partial charge in [0.15, 0.2) is 0 Å². The van der Waals surface area contributed by atoms with Crippen LogP contribution in [-0.2, 0) is 20.5 Å². The summed E-state index contributed by atoms with van der Waals surface area (Å²) < 4.78 is 8.63. The van der Waals surface area contributed by atoms with Crippen LogP contribution in [0.15, 0.2) is 12.4 Å². The van der Waals surface area contributed by atoms with Crippen LogP contribution in [0.4, 0.5) is 0 Å². The van der Waals surface area contributed by atoms with E-state index in [1.807, 2.05) is 20.2 Å². The number of methoxy groups -OCH3 is 1. The summed E-state index contributed by atoms with van der Waals surface area (Å²) in [6.45, 7) is 1.87. The van der Waals surface area contributed by atoms with Gasteiger partial charge < -0.3 is 9.84 Å². The van der Waals surface area contributed by atoms with E-state index >= 15 is 0 Å². The second-order valence-corrected chi connectivity index (χ2v) is 4.37. The van der Waals surface area contributed by atoms with Gasteiger partial charge in [-0.2, -0.15) is 10.2 Å². The van der Waals surface area contributed by atoms with E-state index < -0.39 is 6.10 Å². The van der Waals surface area contributed by atoms with Crippen molar-refractivity contribution in [2.24, 2.45) is 14.1 Å². The molecule has 2 aromatic rings. The van der Waals surface area contributed by atoms with Crippen molar-refractivity contribution in [1.29, 1.82) is 0 Å². The number of aryl methyl sites for hydroxylation is 3. The van der Waals surface area contributed by atoms with Crippen LogP contribution in [0.25, 0.3) is 0 Å². The first-order valence-corrected chi connectivity index (χ1v) is 5.76. The maximum Gasteiger partial charge on any atom is 0.217 e. The maximum absolute atomic E-state index is 10.3. The predicted octanol–water partition coefficient (Wildman–Crippen LogP) is 0.747. The van der Waals surface area contributed by atoms with Crippen molar-refractivity contribution in [2.45, 2.75) is 19.4 Å². The van der Waals surface area contributed by atoms with Gasteiger partial charge in [-0.05, 0) is 12.5 Å². The molecule has 1 atom stereocenters. The van der Waals surface area contributed by atoms with Gasteiger partial charge in [0.25, 0.3) is 0 Å². The van der Waals surface area contributed by atoms with Crippen LogP contribution in [0, 0.1) is 6.92 Å². The monoisotopic (exact) mass is 250 g/mol. The lowest BCUT2D eigenvalue weighted by atomic mass is 10.0. The predicted molar refractivity (Wildman–Crippen MR) is 66.4 cm³/mol. The second-order valence-electron chi connectivity index (χ2n) is 4.37. The standard InChI is InChI=1S/C12H18N4O2/c1-8-11(12(18-4)16(3)14-8)10(17)5-9-6-13-15(2)7-9/h6-7,10,17H,5H2,1-4H3. The van der Waals surface area contributed by atoms with Crippen molar-refractivity contribution < 1.29 is 9.84 Å². The molecule has 2 rings (SSSR count). The van der Waals surface area contributed by atoms with Gasteiger partial charge in [-0.1, -0.05) is 0 Å². The third kappa shape index (κ3) is 2.24. The molecule has 6 nitrogen and oxygen atoms in total. The fourth-order valence-corrected chi connectivity index (χ4v) is 2.18. The molecule has 0 aliphatic rings. The van der Waals surface area contributed by atoms with E-state index in [4.69, 9.17) is 4.74 Å². The van der Waals surface area contributed by atoms with Crippen LogP contribution in [0.3, 0.4) is 0 Å². The Kier molecular flexibility index (Phi) is 3.38. The van der Waals surface area contributed by atoms with Gasteiger partial charge in [0, 0.05) is 26.7 Å². The molecule has 0 fully saturated rings. The molecule has 98 valence electrons. The molecule has 1 N–H and O–H groups in total. The van der Waals surface area contributed by atoms with Crippen molar-refractivity contribution in [3.05, 3.63) is 29.2 Å². The number of hydrogen-bond acceptors (Lipinski definition) is 4. The minimum atomic E-state index is -0.641. The van der Waals surface area contributed by atoms with Gasteiger partial charge in [-0.15, -0.1) is 0 Å². The fourth-order valence-electron chi connectivity index (χ4n) is 2.18. The van der Waals surface area contributed by atoms with Crippen LogP contribution in [0.1, 0.15) is 22.9 Å². The highest BCUT2D eigenvalue weighted by Gasteiger charge is 2.22. The normalized spacial score (nSPS) is 12.7. The summed E-state index contributed by atoms with van der Waals surface area (Å²) in [7, 11) is 5.23. The molecule has 0 bridgehead atoms. The number of aliphatic hydroxyl groups excluding tert-OH is 1. The topological polar surface area (TPSA) is 65.1 Å². The molecule has 0 saturated carbocycles. The number of hydrogen-bond donors (Lipinski definition) is 1. The molecule has 2 heterocycles.